The molecule has 0 aliphatic carbocycles. The van der Waals surface area contributed by atoms with Crippen molar-refractivity contribution >= 4 is 29.4 Å². The van der Waals surface area contributed by atoms with Crippen molar-refractivity contribution in [3.8, 4) is 5.75 Å². The maximum absolute atomic E-state index is 13.7. The smallest absolute Gasteiger partial charge is 0.306 e. The van der Waals surface area contributed by atoms with Crippen molar-refractivity contribution in [2.24, 2.45) is 0 Å². The van der Waals surface area contributed by atoms with E-state index in [0.29, 0.717) is 22.6 Å². The van der Waals surface area contributed by atoms with E-state index in [2.05, 4.69) is 5.32 Å². The van der Waals surface area contributed by atoms with Crippen molar-refractivity contribution in [1.82, 2.24) is 10.2 Å². The second-order valence-corrected chi connectivity index (χ2v) is 7.18. The first kappa shape index (κ1) is 24.1. The molecule has 0 saturated carbocycles. The quantitative estimate of drug-likeness (QED) is 0.444. The Hall–Kier alpha value is -3.13. The van der Waals surface area contributed by atoms with Crippen LogP contribution in [0.5, 0.6) is 5.75 Å². The molecule has 0 heterocycles. The molecule has 2 rings (SSSR count). The minimum absolute atomic E-state index is 0.0571. The second-order valence-electron chi connectivity index (χ2n) is 6.75. The van der Waals surface area contributed by atoms with E-state index in [1.807, 2.05) is 0 Å². The summed E-state index contributed by atoms with van der Waals surface area (Å²) in [6.07, 6.45) is 0.425. The van der Waals surface area contributed by atoms with Crippen LogP contribution in [0.25, 0.3) is 0 Å². The normalized spacial score (nSPS) is 10.3. The topological polar surface area (TPSA) is 84.9 Å². The highest BCUT2D eigenvalue weighted by Crippen LogP contribution is 2.18. The van der Waals surface area contributed by atoms with E-state index in [-0.39, 0.29) is 31.2 Å². The van der Waals surface area contributed by atoms with Gasteiger partial charge >= 0.3 is 5.97 Å². The molecular weight excluding hydrogens is 427 g/mol. The molecule has 0 saturated heterocycles. The van der Waals surface area contributed by atoms with E-state index in [1.54, 1.807) is 30.3 Å². The number of carbonyl (C=O) groups is 3. The van der Waals surface area contributed by atoms with Gasteiger partial charge in [0.15, 0.2) is 18.2 Å². The molecule has 9 heteroatoms. The third kappa shape index (κ3) is 7.90. The molecule has 0 aliphatic heterocycles. The number of methoxy groups -OCH3 is 1. The Kier molecular flexibility index (Phi) is 9.27. The van der Waals surface area contributed by atoms with Crippen molar-refractivity contribution in [1.29, 1.82) is 0 Å². The number of carbonyl (C=O) groups excluding carboxylic acids is 3. The Balaban J connectivity index is 1.65. The van der Waals surface area contributed by atoms with Crippen molar-refractivity contribution in [2.75, 3.05) is 27.3 Å². The van der Waals surface area contributed by atoms with Crippen LogP contribution in [0.3, 0.4) is 0 Å². The first-order chi connectivity index (χ1) is 14.8. The third-order valence-electron chi connectivity index (χ3n) is 4.37. The molecule has 0 aromatic heterocycles. The lowest BCUT2D eigenvalue weighted by molar-refractivity contribution is -0.151. The van der Waals surface area contributed by atoms with Crippen LogP contribution in [0.4, 0.5) is 4.39 Å². The summed E-state index contributed by atoms with van der Waals surface area (Å²) in [5.74, 6) is -1.62. The van der Waals surface area contributed by atoms with E-state index >= 15 is 0 Å². The fraction of sp³-hybridized carbons (Fsp3) is 0.318. The molecule has 0 fully saturated rings. The van der Waals surface area contributed by atoms with Crippen LogP contribution in [0.1, 0.15) is 28.8 Å². The molecule has 2 amide bonds. The van der Waals surface area contributed by atoms with Crippen LogP contribution in [-0.4, -0.2) is 50.0 Å². The summed E-state index contributed by atoms with van der Waals surface area (Å²) >= 11 is 5.78. The number of benzene rings is 2. The lowest BCUT2D eigenvalue weighted by atomic mass is 10.2. The summed E-state index contributed by atoms with van der Waals surface area (Å²) in [6, 6.07) is 10.9. The van der Waals surface area contributed by atoms with Crippen molar-refractivity contribution < 1.29 is 28.2 Å². The number of halogens is 2. The molecule has 31 heavy (non-hydrogen) atoms. The summed E-state index contributed by atoms with van der Waals surface area (Å²) in [5.41, 5.74) is 1.05. The van der Waals surface area contributed by atoms with Crippen molar-refractivity contribution in [3.05, 3.63) is 64.4 Å². The SMILES string of the molecule is COc1ccc(CN(C)C(=O)COC(=O)CCCNC(=O)c2ccc(Cl)cc2)cc1F. The molecule has 1 N–H and O–H groups in total. The number of esters is 1. The third-order valence-corrected chi connectivity index (χ3v) is 4.62. The molecular formula is C22H24ClFN2O5. The standard InChI is InChI=1S/C22H24ClFN2O5/c1-26(13-15-5-10-19(30-2)18(24)12-15)20(27)14-31-21(28)4-3-11-25-22(29)16-6-8-17(23)9-7-16/h5-10,12H,3-4,11,13-14H2,1-2H3,(H,25,29). The molecule has 7 nitrogen and oxygen atoms in total. The Bertz CT molecular complexity index is 921. The summed E-state index contributed by atoms with van der Waals surface area (Å²) in [6.45, 7) is 0.0343. The molecule has 2 aromatic carbocycles. The minimum Gasteiger partial charge on any atom is -0.494 e. The van der Waals surface area contributed by atoms with Gasteiger partial charge < -0.3 is 19.7 Å². The van der Waals surface area contributed by atoms with Gasteiger partial charge in [0, 0.05) is 37.1 Å². The lowest BCUT2D eigenvalue weighted by Crippen LogP contribution is -2.31. The van der Waals surface area contributed by atoms with Crippen molar-refractivity contribution in [2.45, 2.75) is 19.4 Å². The number of nitrogens with one attached hydrogen (secondary N) is 1. The zero-order chi connectivity index (χ0) is 22.8. The largest absolute Gasteiger partial charge is 0.494 e. The average Bonchev–Trinajstić information content (AvgIpc) is 2.75. The van der Waals surface area contributed by atoms with Gasteiger partial charge in [-0.2, -0.15) is 0 Å². The Morgan fingerprint density at radius 2 is 1.84 bits per heavy atom. The Morgan fingerprint density at radius 3 is 2.48 bits per heavy atom. The first-order valence-electron chi connectivity index (χ1n) is 9.56. The summed E-state index contributed by atoms with van der Waals surface area (Å²) in [5, 5.41) is 3.23. The molecule has 0 bridgehead atoms. The van der Waals surface area contributed by atoms with Gasteiger partial charge in [0.25, 0.3) is 11.8 Å². The van der Waals surface area contributed by atoms with Crippen LogP contribution >= 0.6 is 11.6 Å². The highest BCUT2D eigenvalue weighted by Gasteiger charge is 2.14. The fourth-order valence-electron chi connectivity index (χ4n) is 2.63. The van der Waals surface area contributed by atoms with Gasteiger partial charge in [0.05, 0.1) is 7.11 Å². The Morgan fingerprint density at radius 1 is 1.13 bits per heavy atom. The molecule has 0 radical (unpaired) electrons. The van der Waals surface area contributed by atoms with Gasteiger partial charge in [-0.05, 0) is 48.4 Å². The predicted octanol–water partition coefficient (Wildman–Crippen LogP) is 3.20. The van der Waals surface area contributed by atoms with Crippen LogP contribution in [0.15, 0.2) is 42.5 Å². The first-order valence-corrected chi connectivity index (χ1v) is 9.93. The number of nitrogens with zero attached hydrogens (tertiary/aromatic N) is 1. The van der Waals surface area contributed by atoms with E-state index in [1.165, 1.54) is 31.2 Å². The van der Waals surface area contributed by atoms with Crippen LogP contribution < -0.4 is 10.1 Å². The van der Waals surface area contributed by atoms with E-state index < -0.39 is 24.3 Å². The van der Waals surface area contributed by atoms with E-state index in [4.69, 9.17) is 21.1 Å². The molecule has 166 valence electrons. The van der Waals surface area contributed by atoms with Gasteiger partial charge in [-0.1, -0.05) is 17.7 Å². The van der Waals surface area contributed by atoms with Gasteiger partial charge in [-0.3, -0.25) is 14.4 Å². The number of amides is 2. The zero-order valence-corrected chi connectivity index (χ0v) is 18.1. The van der Waals surface area contributed by atoms with Crippen LogP contribution in [0.2, 0.25) is 5.02 Å². The van der Waals surface area contributed by atoms with Gasteiger partial charge in [-0.25, -0.2) is 4.39 Å². The van der Waals surface area contributed by atoms with E-state index in [0.717, 1.165) is 0 Å². The van der Waals surface area contributed by atoms with Gasteiger partial charge in [0.1, 0.15) is 0 Å². The Labute approximate surface area is 185 Å². The summed E-state index contributed by atoms with van der Waals surface area (Å²) in [7, 11) is 2.90. The number of hydrogen-bond acceptors (Lipinski definition) is 5. The molecule has 0 aliphatic rings. The molecule has 0 unspecified atom stereocenters. The maximum atomic E-state index is 13.7. The van der Waals surface area contributed by atoms with Crippen LogP contribution in [0, 0.1) is 5.82 Å². The van der Waals surface area contributed by atoms with Gasteiger partial charge in [-0.15, -0.1) is 0 Å². The zero-order valence-electron chi connectivity index (χ0n) is 17.3. The number of rotatable bonds is 10. The number of ether oxygens (including phenoxy) is 2. The van der Waals surface area contributed by atoms with E-state index in [9.17, 15) is 18.8 Å². The summed E-state index contributed by atoms with van der Waals surface area (Å²) in [4.78, 5) is 37.2. The lowest BCUT2D eigenvalue weighted by Gasteiger charge is -2.17. The average molecular weight is 451 g/mol. The minimum atomic E-state index is -0.544. The fourth-order valence-corrected chi connectivity index (χ4v) is 2.76. The predicted molar refractivity (Wildman–Crippen MR) is 113 cm³/mol. The molecule has 0 atom stereocenters. The number of likely N-dealkylation sites (N-methyl/N-ethyl adjacent to an activating group) is 1. The van der Waals surface area contributed by atoms with Gasteiger partial charge in [0.2, 0.25) is 0 Å². The second kappa shape index (κ2) is 11.9. The highest BCUT2D eigenvalue weighted by atomic mass is 35.5. The number of hydrogen-bond donors (Lipinski definition) is 1. The highest BCUT2D eigenvalue weighted by molar-refractivity contribution is 6.30. The summed E-state index contributed by atoms with van der Waals surface area (Å²) < 4.78 is 23.6. The van der Waals surface area contributed by atoms with Crippen LogP contribution in [-0.2, 0) is 20.9 Å². The monoisotopic (exact) mass is 450 g/mol. The molecule has 0 spiro atoms. The van der Waals surface area contributed by atoms with Crippen molar-refractivity contribution in [3.63, 3.8) is 0 Å². The molecule has 2 aromatic rings. The maximum Gasteiger partial charge on any atom is 0.306 e.